The Bertz CT molecular complexity index is 484. The van der Waals surface area contributed by atoms with E-state index in [0.717, 1.165) is 12.8 Å². The first-order chi connectivity index (χ1) is 9.09. The van der Waals surface area contributed by atoms with Crippen LogP contribution < -0.4 is 11.1 Å². The third kappa shape index (κ3) is 3.17. The van der Waals surface area contributed by atoms with Crippen molar-refractivity contribution in [2.75, 3.05) is 12.3 Å². The van der Waals surface area contributed by atoms with Crippen LogP contribution in [0.1, 0.15) is 29.6 Å². The molecule has 2 rings (SSSR count). The lowest BCUT2D eigenvalue weighted by atomic mass is 10.1. The maximum Gasteiger partial charge on any atom is 0.342 e. The van der Waals surface area contributed by atoms with Crippen molar-refractivity contribution < 1.29 is 14.3 Å². The van der Waals surface area contributed by atoms with Gasteiger partial charge in [0.15, 0.2) is 6.10 Å². The van der Waals surface area contributed by atoms with Gasteiger partial charge in [0, 0.05) is 12.2 Å². The van der Waals surface area contributed by atoms with Crippen LogP contribution in [-0.4, -0.2) is 24.5 Å². The molecule has 1 aromatic rings. The zero-order valence-corrected chi connectivity index (χ0v) is 11.1. The van der Waals surface area contributed by atoms with Crippen LogP contribution in [0.25, 0.3) is 0 Å². The summed E-state index contributed by atoms with van der Waals surface area (Å²) < 4.78 is 5.22. The van der Waals surface area contributed by atoms with E-state index in [2.05, 4.69) is 5.32 Å². The molecule has 102 valence electrons. The zero-order chi connectivity index (χ0) is 13.8. The quantitative estimate of drug-likeness (QED) is 0.639. The third-order valence-corrected chi connectivity index (χ3v) is 3.30. The van der Waals surface area contributed by atoms with E-state index in [4.69, 9.17) is 22.1 Å². The maximum absolute atomic E-state index is 12.0. The average Bonchev–Trinajstić information content (AvgIpc) is 2.55. The summed E-state index contributed by atoms with van der Waals surface area (Å²) >= 11 is 5.93. The van der Waals surface area contributed by atoms with Crippen molar-refractivity contribution in [3.8, 4) is 0 Å². The minimum absolute atomic E-state index is 0.112. The van der Waals surface area contributed by atoms with Crippen molar-refractivity contribution in [2.45, 2.75) is 25.4 Å². The summed E-state index contributed by atoms with van der Waals surface area (Å²) in [6.45, 7) is 0.612. The summed E-state index contributed by atoms with van der Waals surface area (Å²) in [6, 6.07) is 4.77. The topological polar surface area (TPSA) is 81.4 Å². The summed E-state index contributed by atoms with van der Waals surface area (Å²) in [5, 5.41) is 2.92. The van der Waals surface area contributed by atoms with Gasteiger partial charge in [-0.25, -0.2) is 4.79 Å². The highest BCUT2D eigenvalue weighted by Gasteiger charge is 2.26. The van der Waals surface area contributed by atoms with Crippen LogP contribution in [0.5, 0.6) is 0 Å². The molecule has 0 radical (unpaired) electrons. The lowest BCUT2D eigenvalue weighted by molar-refractivity contribution is -0.129. The Labute approximate surface area is 116 Å². The predicted molar refractivity (Wildman–Crippen MR) is 71.9 cm³/mol. The van der Waals surface area contributed by atoms with Gasteiger partial charge in [-0.1, -0.05) is 17.7 Å². The number of rotatable bonds is 2. The molecule has 1 unspecified atom stereocenters. The van der Waals surface area contributed by atoms with Gasteiger partial charge in [0.05, 0.1) is 5.02 Å². The summed E-state index contributed by atoms with van der Waals surface area (Å²) in [5.74, 6) is -0.929. The van der Waals surface area contributed by atoms with Gasteiger partial charge in [0.25, 0.3) is 5.91 Å². The zero-order valence-electron chi connectivity index (χ0n) is 10.3. The smallest absolute Gasteiger partial charge is 0.342 e. The summed E-state index contributed by atoms with van der Waals surface area (Å²) in [6.07, 6.45) is 1.45. The van der Waals surface area contributed by atoms with Gasteiger partial charge in [-0.3, -0.25) is 4.79 Å². The summed E-state index contributed by atoms with van der Waals surface area (Å²) in [5.41, 5.74) is 6.06. The minimum atomic E-state index is -0.773. The average molecular weight is 283 g/mol. The molecule has 3 N–H and O–H groups in total. The van der Waals surface area contributed by atoms with E-state index < -0.39 is 12.1 Å². The number of nitrogens with two attached hydrogens (primary N) is 1. The molecule has 0 saturated carbocycles. The van der Waals surface area contributed by atoms with Gasteiger partial charge >= 0.3 is 5.97 Å². The largest absolute Gasteiger partial charge is 0.449 e. The number of benzene rings is 1. The molecule has 1 aliphatic rings. The fourth-order valence-corrected chi connectivity index (χ4v) is 2.23. The number of nitrogen functional groups attached to an aromatic ring is 1. The van der Waals surface area contributed by atoms with Crippen molar-refractivity contribution in [2.24, 2.45) is 0 Å². The standard InChI is InChI=1S/C13H15ClN2O3/c14-8-4-3-5-9(15)11(8)13(18)19-10-6-1-2-7-16-12(10)17/h3-5,10H,1-2,6-7,15H2,(H,16,17). The second-order valence-corrected chi connectivity index (χ2v) is 4.79. The Morgan fingerprint density at radius 2 is 2.21 bits per heavy atom. The molecule has 1 aliphatic heterocycles. The first-order valence-electron chi connectivity index (χ1n) is 6.12. The molecular formula is C13H15ClN2O3. The number of carbonyl (C=O) groups is 2. The Morgan fingerprint density at radius 1 is 1.42 bits per heavy atom. The van der Waals surface area contributed by atoms with Gasteiger partial charge in [-0.2, -0.15) is 0 Å². The van der Waals surface area contributed by atoms with Crippen molar-refractivity contribution in [1.82, 2.24) is 5.32 Å². The molecule has 1 aromatic carbocycles. The predicted octanol–water partition coefficient (Wildman–Crippen LogP) is 1.75. The molecule has 19 heavy (non-hydrogen) atoms. The molecule has 1 atom stereocenters. The van der Waals surface area contributed by atoms with Crippen LogP contribution in [-0.2, 0) is 9.53 Å². The highest BCUT2D eigenvalue weighted by atomic mass is 35.5. The van der Waals surface area contributed by atoms with Gasteiger partial charge in [-0.15, -0.1) is 0 Å². The number of hydrogen-bond donors (Lipinski definition) is 2. The Hall–Kier alpha value is -1.75. The molecular weight excluding hydrogens is 268 g/mol. The number of hydrogen-bond acceptors (Lipinski definition) is 4. The van der Waals surface area contributed by atoms with Crippen molar-refractivity contribution in [3.63, 3.8) is 0 Å². The highest BCUT2D eigenvalue weighted by Crippen LogP contribution is 2.24. The number of nitrogens with one attached hydrogen (secondary N) is 1. The van der Waals surface area contributed by atoms with Crippen molar-refractivity contribution in [3.05, 3.63) is 28.8 Å². The first kappa shape index (κ1) is 13.7. The first-order valence-corrected chi connectivity index (χ1v) is 6.50. The summed E-state index contributed by atoms with van der Waals surface area (Å²) in [7, 11) is 0. The Balaban J connectivity index is 2.14. The number of carbonyl (C=O) groups excluding carboxylic acids is 2. The molecule has 1 fully saturated rings. The van der Waals surface area contributed by atoms with E-state index in [9.17, 15) is 9.59 Å². The van der Waals surface area contributed by atoms with E-state index in [1.807, 2.05) is 0 Å². The van der Waals surface area contributed by atoms with Gasteiger partial charge in [0.2, 0.25) is 0 Å². The third-order valence-electron chi connectivity index (χ3n) is 2.98. The number of esters is 1. The van der Waals surface area contributed by atoms with E-state index in [0.29, 0.717) is 13.0 Å². The number of halogens is 1. The monoisotopic (exact) mass is 282 g/mol. The van der Waals surface area contributed by atoms with Crippen LogP contribution in [0.4, 0.5) is 5.69 Å². The molecule has 1 amide bonds. The SMILES string of the molecule is Nc1cccc(Cl)c1C(=O)OC1CCCCNC1=O. The molecule has 5 nitrogen and oxygen atoms in total. The fourth-order valence-electron chi connectivity index (χ4n) is 1.97. The van der Waals surface area contributed by atoms with Crippen LogP contribution in [0, 0.1) is 0 Å². The molecule has 0 aromatic heterocycles. The van der Waals surface area contributed by atoms with Gasteiger partial charge in [0.1, 0.15) is 5.56 Å². The Morgan fingerprint density at radius 3 is 2.95 bits per heavy atom. The van der Waals surface area contributed by atoms with E-state index in [1.54, 1.807) is 18.2 Å². The number of amides is 1. The molecule has 6 heteroatoms. The second kappa shape index (κ2) is 5.93. The van der Waals surface area contributed by atoms with E-state index in [1.165, 1.54) is 0 Å². The van der Waals surface area contributed by atoms with Crippen LogP contribution >= 0.6 is 11.6 Å². The lowest BCUT2D eigenvalue weighted by Gasteiger charge is -2.15. The normalized spacial score (nSPS) is 19.4. The van der Waals surface area contributed by atoms with E-state index in [-0.39, 0.29) is 22.2 Å². The maximum atomic E-state index is 12.0. The fraction of sp³-hybridized carbons (Fsp3) is 0.385. The minimum Gasteiger partial charge on any atom is -0.449 e. The number of ether oxygens (including phenoxy) is 1. The molecule has 0 aliphatic carbocycles. The van der Waals surface area contributed by atoms with Crippen LogP contribution in [0.15, 0.2) is 18.2 Å². The van der Waals surface area contributed by atoms with Gasteiger partial charge < -0.3 is 15.8 Å². The lowest BCUT2D eigenvalue weighted by Crippen LogP contribution is -2.36. The molecule has 0 bridgehead atoms. The van der Waals surface area contributed by atoms with Crippen LogP contribution in [0.2, 0.25) is 5.02 Å². The highest BCUT2D eigenvalue weighted by molar-refractivity contribution is 6.34. The van der Waals surface area contributed by atoms with Crippen molar-refractivity contribution in [1.29, 1.82) is 0 Å². The number of anilines is 1. The van der Waals surface area contributed by atoms with Crippen molar-refractivity contribution >= 4 is 29.2 Å². The van der Waals surface area contributed by atoms with Gasteiger partial charge in [-0.05, 0) is 31.4 Å². The summed E-state index contributed by atoms with van der Waals surface area (Å²) in [4.78, 5) is 23.7. The van der Waals surface area contributed by atoms with E-state index >= 15 is 0 Å². The molecule has 1 saturated heterocycles. The second-order valence-electron chi connectivity index (χ2n) is 4.38. The Kier molecular flexibility index (Phi) is 4.27. The molecule has 0 spiro atoms. The van der Waals surface area contributed by atoms with Crippen LogP contribution in [0.3, 0.4) is 0 Å². The molecule has 1 heterocycles.